The van der Waals surface area contributed by atoms with Crippen molar-refractivity contribution in [1.82, 2.24) is 9.97 Å². The molecule has 0 N–H and O–H groups in total. The summed E-state index contributed by atoms with van der Waals surface area (Å²) in [6.45, 7) is 4.78. The van der Waals surface area contributed by atoms with Gasteiger partial charge < -0.3 is 0 Å². The highest BCUT2D eigenvalue weighted by atomic mass is 31.1. The average molecular weight is 577 g/mol. The Morgan fingerprint density at radius 1 is 0.805 bits per heavy atom. The van der Waals surface area contributed by atoms with Crippen LogP contribution in [0.2, 0.25) is 0 Å². The number of benzene rings is 2. The molecule has 0 radical (unpaired) electrons. The minimum absolute atomic E-state index is 0.0681. The SMILES string of the molecule is CC(C)(c1ccccc1)c1ccc(C23CC4CC(CC(C4)C2CP)C3)c(CP(c2cccnc2)c2cccnc2)c1. The van der Waals surface area contributed by atoms with Gasteiger partial charge in [-0.05, 0) is 120 Å². The van der Waals surface area contributed by atoms with Crippen molar-refractivity contribution in [2.75, 3.05) is 6.16 Å². The summed E-state index contributed by atoms with van der Waals surface area (Å²) in [6.07, 6.45) is 17.4. The molecule has 0 amide bonds. The number of nitrogens with zero attached hydrogens (tertiary/aromatic N) is 2. The Morgan fingerprint density at radius 3 is 2.05 bits per heavy atom. The van der Waals surface area contributed by atoms with E-state index in [0.29, 0.717) is 5.41 Å². The van der Waals surface area contributed by atoms with Crippen LogP contribution in [0.1, 0.15) is 68.2 Å². The quantitative estimate of drug-likeness (QED) is 0.199. The largest absolute Gasteiger partial charge is 0.264 e. The van der Waals surface area contributed by atoms with Gasteiger partial charge in [-0.3, -0.25) is 9.97 Å². The van der Waals surface area contributed by atoms with Crippen molar-refractivity contribution in [2.24, 2.45) is 23.7 Å². The molecular weight excluding hydrogens is 534 g/mol. The van der Waals surface area contributed by atoms with Crippen LogP contribution in [0.15, 0.2) is 97.6 Å². The van der Waals surface area contributed by atoms with Crippen LogP contribution < -0.4 is 10.6 Å². The molecule has 8 rings (SSSR count). The summed E-state index contributed by atoms with van der Waals surface area (Å²) >= 11 is 0. The van der Waals surface area contributed by atoms with Crippen LogP contribution in [0.4, 0.5) is 0 Å². The third-order valence-electron chi connectivity index (χ3n) is 10.9. The van der Waals surface area contributed by atoms with Crippen molar-refractivity contribution >= 4 is 27.8 Å². The molecule has 4 aromatic rings. The normalized spacial score (nSPS) is 26.9. The van der Waals surface area contributed by atoms with Gasteiger partial charge in [0.2, 0.25) is 0 Å². The van der Waals surface area contributed by atoms with Crippen molar-refractivity contribution < 1.29 is 0 Å². The molecule has 2 nitrogen and oxygen atoms in total. The van der Waals surface area contributed by atoms with E-state index in [2.05, 4.69) is 118 Å². The van der Waals surface area contributed by atoms with E-state index in [1.54, 1.807) is 11.1 Å². The van der Waals surface area contributed by atoms with Crippen LogP contribution in [0.5, 0.6) is 0 Å². The number of hydrogen-bond donors (Lipinski definition) is 0. The standard InChI is InChI=1S/C37H42N2P2/c1-36(2,30-8-4-3-5-9-30)31-12-13-34(37-20-26-16-27(21-37)18-28(17-26)35(37)24-40)29(19-31)25-41(32-10-6-14-38-22-32)33-11-7-15-39-23-33/h3-15,19,22-23,26-28,35H,16-18,20-21,24-25,40H2,1-2H3. The molecule has 4 aliphatic rings. The zero-order valence-electron chi connectivity index (χ0n) is 24.4. The van der Waals surface area contributed by atoms with Crippen LogP contribution in [0.25, 0.3) is 0 Å². The van der Waals surface area contributed by atoms with Crippen LogP contribution in [0.3, 0.4) is 0 Å². The Hall–Kier alpha value is -2.40. The first-order chi connectivity index (χ1) is 20.0. The van der Waals surface area contributed by atoms with Gasteiger partial charge in [0.25, 0.3) is 0 Å². The minimum Gasteiger partial charge on any atom is -0.264 e. The van der Waals surface area contributed by atoms with Gasteiger partial charge in [-0.2, -0.15) is 0 Å². The van der Waals surface area contributed by atoms with Crippen molar-refractivity contribution in [3.8, 4) is 0 Å². The van der Waals surface area contributed by atoms with Gasteiger partial charge in [0.1, 0.15) is 0 Å². The molecule has 0 aliphatic heterocycles. The molecule has 4 unspecified atom stereocenters. The summed E-state index contributed by atoms with van der Waals surface area (Å²) in [6, 6.07) is 27.5. The van der Waals surface area contributed by atoms with E-state index >= 15 is 0 Å². The molecule has 4 atom stereocenters. The van der Waals surface area contributed by atoms with Gasteiger partial charge in [0.05, 0.1) is 0 Å². The predicted octanol–water partition coefficient (Wildman–Crippen LogP) is 8.00. The summed E-state index contributed by atoms with van der Waals surface area (Å²) in [5.41, 5.74) is 6.26. The van der Waals surface area contributed by atoms with Crippen LogP contribution >= 0.6 is 17.2 Å². The van der Waals surface area contributed by atoms with E-state index in [0.717, 1.165) is 29.8 Å². The smallest absolute Gasteiger partial charge is 0.0348 e. The summed E-state index contributed by atoms with van der Waals surface area (Å²) in [5, 5.41) is 2.67. The van der Waals surface area contributed by atoms with E-state index in [1.807, 2.05) is 12.4 Å². The van der Waals surface area contributed by atoms with Gasteiger partial charge in [0.15, 0.2) is 0 Å². The molecule has 2 aromatic carbocycles. The maximum Gasteiger partial charge on any atom is 0.0348 e. The Bertz CT molecular complexity index is 1430. The number of aromatic nitrogens is 2. The summed E-state index contributed by atoms with van der Waals surface area (Å²) < 4.78 is 0. The molecule has 4 saturated carbocycles. The number of rotatable bonds is 8. The second kappa shape index (κ2) is 11.0. The fraction of sp³-hybridized carbons (Fsp3) is 0.405. The van der Waals surface area contributed by atoms with Gasteiger partial charge >= 0.3 is 0 Å². The first kappa shape index (κ1) is 27.4. The Balaban J connectivity index is 1.39. The molecule has 4 fully saturated rings. The maximum absolute atomic E-state index is 4.56. The lowest BCUT2D eigenvalue weighted by molar-refractivity contribution is -0.0520. The highest BCUT2D eigenvalue weighted by Crippen LogP contribution is 2.64. The second-order valence-corrected chi connectivity index (χ2v) is 16.2. The molecule has 41 heavy (non-hydrogen) atoms. The van der Waals surface area contributed by atoms with Crippen LogP contribution in [-0.4, -0.2) is 16.1 Å². The topological polar surface area (TPSA) is 25.8 Å². The third kappa shape index (κ3) is 4.90. The van der Waals surface area contributed by atoms with Crippen molar-refractivity contribution in [3.63, 3.8) is 0 Å². The van der Waals surface area contributed by atoms with E-state index in [9.17, 15) is 0 Å². The summed E-state index contributed by atoms with van der Waals surface area (Å²) in [5.74, 6) is 3.48. The molecule has 2 heterocycles. The first-order valence-corrected chi connectivity index (χ1v) is 17.8. The maximum atomic E-state index is 4.56. The molecule has 0 saturated heterocycles. The van der Waals surface area contributed by atoms with E-state index in [4.69, 9.17) is 0 Å². The van der Waals surface area contributed by atoms with Crippen molar-refractivity contribution in [2.45, 2.75) is 62.9 Å². The van der Waals surface area contributed by atoms with Crippen LogP contribution in [0, 0.1) is 23.7 Å². The highest BCUT2D eigenvalue weighted by Gasteiger charge is 2.57. The minimum atomic E-state index is -0.636. The number of pyridine rings is 2. The fourth-order valence-corrected chi connectivity index (χ4v) is 12.2. The zero-order chi connectivity index (χ0) is 28.0. The Morgan fingerprint density at radius 2 is 1.46 bits per heavy atom. The highest BCUT2D eigenvalue weighted by molar-refractivity contribution is 7.72. The molecule has 4 heteroatoms. The van der Waals surface area contributed by atoms with Crippen LogP contribution in [-0.2, 0) is 17.0 Å². The summed E-state index contributed by atoms with van der Waals surface area (Å²) in [4.78, 5) is 9.13. The van der Waals surface area contributed by atoms with Crippen molar-refractivity contribution in [3.05, 3.63) is 120 Å². The van der Waals surface area contributed by atoms with Crippen molar-refractivity contribution in [1.29, 1.82) is 0 Å². The fourth-order valence-electron chi connectivity index (χ4n) is 9.13. The Labute approximate surface area is 249 Å². The monoisotopic (exact) mass is 576 g/mol. The molecule has 210 valence electrons. The molecule has 2 aromatic heterocycles. The Kier molecular flexibility index (Phi) is 7.38. The van der Waals surface area contributed by atoms with E-state index in [1.165, 1.54) is 60.0 Å². The molecular formula is C37H42N2P2. The van der Waals surface area contributed by atoms with Gasteiger partial charge in [-0.25, -0.2) is 0 Å². The van der Waals surface area contributed by atoms with E-state index in [-0.39, 0.29) is 5.41 Å². The third-order valence-corrected chi connectivity index (χ3v) is 13.8. The van der Waals surface area contributed by atoms with Gasteiger partial charge in [0, 0.05) is 36.4 Å². The van der Waals surface area contributed by atoms with Gasteiger partial charge in [-0.15, -0.1) is 9.24 Å². The zero-order valence-corrected chi connectivity index (χ0v) is 26.5. The average Bonchev–Trinajstić information content (AvgIpc) is 3.00. The number of hydrogen-bond acceptors (Lipinski definition) is 2. The molecule has 4 aliphatic carbocycles. The first-order valence-electron chi connectivity index (χ1n) is 15.4. The second-order valence-electron chi connectivity index (χ2n) is 13.5. The van der Waals surface area contributed by atoms with E-state index < -0.39 is 7.92 Å². The molecule has 4 bridgehead atoms. The predicted molar refractivity (Wildman–Crippen MR) is 177 cm³/mol. The summed E-state index contributed by atoms with van der Waals surface area (Å²) in [7, 11) is 2.54. The van der Waals surface area contributed by atoms with Gasteiger partial charge in [-0.1, -0.05) is 74.5 Å². The lowest BCUT2D eigenvalue weighted by atomic mass is 9.43. The molecule has 0 spiro atoms. The lowest BCUT2D eigenvalue weighted by Gasteiger charge is -2.62. The lowest BCUT2D eigenvalue weighted by Crippen LogP contribution is -2.56.